The van der Waals surface area contributed by atoms with Crippen molar-refractivity contribution in [3.05, 3.63) is 72.3 Å². The number of fused-ring (bicyclic) bond motifs is 1. The van der Waals surface area contributed by atoms with E-state index in [4.69, 9.17) is 4.74 Å². The van der Waals surface area contributed by atoms with Gasteiger partial charge in [0.2, 0.25) is 0 Å². The molecule has 0 spiro atoms. The highest BCUT2D eigenvalue weighted by Gasteiger charge is 2.10. The summed E-state index contributed by atoms with van der Waals surface area (Å²) >= 11 is 0. The number of hydrogen-bond acceptors (Lipinski definition) is 3. The number of urea groups is 1. The molecule has 0 radical (unpaired) electrons. The molecule has 3 N–H and O–H groups in total. The van der Waals surface area contributed by atoms with E-state index in [-0.39, 0.29) is 12.6 Å². The van der Waals surface area contributed by atoms with Crippen molar-refractivity contribution in [2.24, 2.45) is 0 Å². The van der Waals surface area contributed by atoms with Gasteiger partial charge in [-0.25, -0.2) is 4.79 Å². The molecular formula is C20H20N2O3. The first-order valence-electron chi connectivity index (χ1n) is 8.01. The number of rotatable bonds is 5. The van der Waals surface area contributed by atoms with E-state index in [9.17, 15) is 9.90 Å². The predicted octanol–water partition coefficient (Wildman–Crippen LogP) is 3.70. The standard InChI is InChI=1S/C20H20N2O3/c1-25-18-10-7-15(8-11-18)19(23)13-21-20(24)22-17-9-6-14-4-2-3-5-16(14)12-17/h2-12,19,23H,13H2,1H3,(H2,21,22,24). The molecule has 0 fully saturated rings. The quantitative estimate of drug-likeness (QED) is 0.665. The van der Waals surface area contributed by atoms with E-state index < -0.39 is 6.10 Å². The van der Waals surface area contributed by atoms with Crippen LogP contribution < -0.4 is 15.4 Å². The molecule has 2 amide bonds. The van der Waals surface area contributed by atoms with Crippen LogP contribution in [0.2, 0.25) is 0 Å². The van der Waals surface area contributed by atoms with Gasteiger partial charge in [0, 0.05) is 12.2 Å². The van der Waals surface area contributed by atoms with E-state index in [0.29, 0.717) is 11.3 Å². The van der Waals surface area contributed by atoms with E-state index in [1.807, 2.05) is 42.5 Å². The maximum absolute atomic E-state index is 12.0. The van der Waals surface area contributed by atoms with Gasteiger partial charge in [-0.15, -0.1) is 0 Å². The van der Waals surface area contributed by atoms with Crippen LogP contribution >= 0.6 is 0 Å². The van der Waals surface area contributed by atoms with Crippen molar-refractivity contribution in [3.8, 4) is 5.75 Å². The molecule has 0 aliphatic heterocycles. The average molecular weight is 336 g/mol. The summed E-state index contributed by atoms with van der Waals surface area (Å²) in [5.74, 6) is 0.720. The lowest BCUT2D eigenvalue weighted by atomic mass is 10.1. The molecule has 0 aromatic heterocycles. The zero-order valence-electron chi connectivity index (χ0n) is 13.9. The number of anilines is 1. The van der Waals surface area contributed by atoms with Crippen molar-refractivity contribution in [1.82, 2.24) is 5.32 Å². The number of carbonyl (C=O) groups excluding carboxylic acids is 1. The van der Waals surface area contributed by atoms with Gasteiger partial charge in [-0.1, -0.05) is 42.5 Å². The first kappa shape index (κ1) is 16.8. The fourth-order valence-electron chi connectivity index (χ4n) is 2.58. The predicted molar refractivity (Wildman–Crippen MR) is 98.9 cm³/mol. The monoisotopic (exact) mass is 336 g/mol. The smallest absolute Gasteiger partial charge is 0.319 e. The normalized spacial score (nSPS) is 11.8. The van der Waals surface area contributed by atoms with Gasteiger partial charge in [0.25, 0.3) is 0 Å². The van der Waals surface area contributed by atoms with Gasteiger partial charge in [0.05, 0.1) is 13.2 Å². The van der Waals surface area contributed by atoms with Crippen LogP contribution in [0.1, 0.15) is 11.7 Å². The number of benzene rings is 3. The first-order chi connectivity index (χ1) is 12.2. The second-order valence-electron chi connectivity index (χ2n) is 5.69. The molecule has 3 aromatic rings. The maximum atomic E-state index is 12.0. The summed E-state index contributed by atoms with van der Waals surface area (Å²) in [5, 5.41) is 17.8. The van der Waals surface area contributed by atoms with Crippen molar-refractivity contribution in [1.29, 1.82) is 0 Å². The molecule has 0 aliphatic rings. The van der Waals surface area contributed by atoms with Crippen LogP contribution in [-0.4, -0.2) is 24.8 Å². The number of aliphatic hydroxyl groups is 1. The molecule has 0 saturated heterocycles. The van der Waals surface area contributed by atoms with Crippen LogP contribution in [0, 0.1) is 0 Å². The third-order valence-electron chi connectivity index (χ3n) is 3.96. The summed E-state index contributed by atoms with van der Waals surface area (Å²) < 4.78 is 5.08. The molecule has 0 saturated carbocycles. The molecule has 1 unspecified atom stereocenters. The minimum Gasteiger partial charge on any atom is -0.497 e. The number of hydrogen-bond donors (Lipinski definition) is 3. The van der Waals surface area contributed by atoms with E-state index in [1.54, 1.807) is 31.4 Å². The fraction of sp³-hybridized carbons (Fsp3) is 0.150. The molecule has 0 bridgehead atoms. The summed E-state index contributed by atoms with van der Waals surface area (Å²) in [4.78, 5) is 12.0. The van der Waals surface area contributed by atoms with Crippen LogP contribution in [0.3, 0.4) is 0 Å². The number of methoxy groups -OCH3 is 1. The van der Waals surface area contributed by atoms with Crippen molar-refractivity contribution >= 4 is 22.5 Å². The number of aliphatic hydroxyl groups excluding tert-OH is 1. The van der Waals surface area contributed by atoms with E-state index in [1.165, 1.54) is 0 Å². The van der Waals surface area contributed by atoms with Gasteiger partial charge in [-0.3, -0.25) is 0 Å². The largest absolute Gasteiger partial charge is 0.497 e. The molecule has 128 valence electrons. The molecule has 3 aromatic carbocycles. The third kappa shape index (κ3) is 4.28. The Balaban J connectivity index is 1.56. The summed E-state index contributed by atoms with van der Waals surface area (Å²) in [6.07, 6.45) is -0.784. The van der Waals surface area contributed by atoms with Crippen LogP contribution in [0.5, 0.6) is 5.75 Å². The zero-order valence-corrected chi connectivity index (χ0v) is 13.9. The van der Waals surface area contributed by atoms with E-state index >= 15 is 0 Å². The molecule has 3 rings (SSSR count). The SMILES string of the molecule is COc1ccc(C(O)CNC(=O)Nc2ccc3ccccc3c2)cc1. The lowest BCUT2D eigenvalue weighted by molar-refractivity contribution is 0.175. The van der Waals surface area contributed by atoms with Crippen molar-refractivity contribution in [2.45, 2.75) is 6.10 Å². The van der Waals surface area contributed by atoms with E-state index in [0.717, 1.165) is 16.5 Å². The van der Waals surface area contributed by atoms with E-state index in [2.05, 4.69) is 10.6 Å². The van der Waals surface area contributed by atoms with Crippen molar-refractivity contribution in [2.75, 3.05) is 19.0 Å². The lowest BCUT2D eigenvalue weighted by Crippen LogP contribution is -2.32. The van der Waals surface area contributed by atoms with Crippen molar-refractivity contribution in [3.63, 3.8) is 0 Å². The van der Waals surface area contributed by atoms with Gasteiger partial charge in [-0.05, 0) is 40.6 Å². The highest BCUT2D eigenvalue weighted by molar-refractivity contribution is 5.93. The average Bonchev–Trinajstić information content (AvgIpc) is 2.66. The second-order valence-corrected chi connectivity index (χ2v) is 5.69. The Bertz CT molecular complexity index is 862. The third-order valence-corrected chi connectivity index (χ3v) is 3.96. The van der Waals surface area contributed by atoms with Gasteiger partial charge < -0.3 is 20.5 Å². The number of nitrogens with one attached hydrogen (secondary N) is 2. The minimum atomic E-state index is -0.784. The van der Waals surface area contributed by atoms with Crippen LogP contribution in [0.15, 0.2) is 66.7 Å². The molecule has 0 heterocycles. The number of carbonyl (C=O) groups is 1. The Labute approximate surface area is 146 Å². The van der Waals surface area contributed by atoms with Gasteiger partial charge in [0.1, 0.15) is 5.75 Å². The molecule has 25 heavy (non-hydrogen) atoms. The molecular weight excluding hydrogens is 316 g/mol. The van der Waals surface area contributed by atoms with Gasteiger partial charge in [0.15, 0.2) is 0 Å². The summed E-state index contributed by atoms with van der Waals surface area (Å²) in [6, 6.07) is 20.4. The lowest BCUT2D eigenvalue weighted by Gasteiger charge is -2.13. The molecule has 5 heteroatoms. The van der Waals surface area contributed by atoms with Crippen LogP contribution in [0.25, 0.3) is 10.8 Å². The topological polar surface area (TPSA) is 70.6 Å². The summed E-state index contributed by atoms with van der Waals surface area (Å²) in [6.45, 7) is 0.117. The van der Waals surface area contributed by atoms with Crippen LogP contribution in [-0.2, 0) is 0 Å². The maximum Gasteiger partial charge on any atom is 0.319 e. The Morgan fingerprint density at radius 3 is 2.48 bits per heavy atom. The van der Waals surface area contributed by atoms with Gasteiger partial charge in [-0.2, -0.15) is 0 Å². The summed E-state index contributed by atoms with van der Waals surface area (Å²) in [5.41, 5.74) is 1.42. The van der Waals surface area contributed by atoms with Crippen LogP contribution in [0.4, 0.5) is 10.5 Å². The Hall–Kier alpha value is -3.05. The zero-order chi connectivity index (χ0) is 17.6. The van der Waals surface area contributed by atoms with Gasteiger partial charge >= 0.3 is 6.03 Å². The minimum absolute atomic E-state index is 0.117. The number of amides is 2. The first-order valence-corrected chi connectivity index (χ1v) is 8.01. The van der Waals surface area contributed by atoms with Crippen molar-refractivity contribution < 1.29 is 14.6 Å². The molecule has 0 aliphatic carbocycles. The Morgan fingerprint density at radius 2 is 1.76 bits per heavy atom. The Morgan fingerprint density at radius 1 is 1.04 bits per heavy atom. The highest BCUT2D eigenvalue weighted by Crippen LogP contribution is 2.19. The Kier molecular flexibility index (Phi) is 5.16. The fourth-order valence-corrected chi connectivity index (χ4v) is 2.58. The molecule has 1 atom stereocenters. The highest BCUT2D eigenvalue weighted by atomic mass is 16.5. The summed E-state index contributed by atoms with van der Waals surface area (Å²) in [7, 11) is 1.59. The molecule has 5 nitrogen and oxygen atoms in total. The second kappa shape index (κ2) is 7.68. The number of ether oxygens (including phenoxy) is 1.